The number of halogens is 2. The van der Waals surface area contributed by atoms with Gasteiger partial charge in [0.25, 0.3) is 6.43 Å². The summed E-state index contributed by atoms with van der Waals surface area (Å²) in [5.74, 6) is -0.299. The largest absolute Gasteiger partial charge is 0.493 e. The van der Waals surface area contributed by atoms with E-state index in [1.165, 1.54) is 12.1 Å². The van der Waals surface area contributed by atoms with Gasteiger partial charge in [-0.25, -0.2) is 8.78 Å². The molecule has 0 unspecified atom stereocenters. The first-order valence-electron chi connectivity index (χ1n) is 8.39. The van der Waals surface area contributed by atoms with Crippen LogP contribution >= 0.6 is 0 Å². The third kappa shape index (κ3) is 3.90. The van der Waals surface area contributed by atoms with Crippen LogP contribution in [0, 0.1) is 0 Å². The van der Waals surface area contributed by atoms with E-state index in [1.807, 2.05) is 0 Å². The molecular formula is C20H18F2O4. The topological polar surface area (TPSA) is 63.6 Å². The van der Waals surface area contributed by atoms with E-state index in [0.29, 0.717) is 41.7 Å². The van der Waals surface area contributed by atoms with Gasteiger partial charge < -0.3 is 9.84 Å². The van der Waals surface area contributed by atoms with E-state index < -0.39 is 12.4 Å². The van der Waals surface area contributed by atoms with Crippen molar-refractivity contribution in [3.05, 3.63) is 53.1 Å². The minimum atomic E-state index is -2.54. The number of carbonyl (C=O) groups is 2. The number of ether oxygens (including phenoxy) is 1. The molecule has 2 aromatic rings. The van der Waals surface area contributed by atoms with Gasteiger partial charge in [-0.3, -0.25) is 9.59 Å². The number of aryl methyl sites for hydroxylation is 1. The molecule has 0 heterocycles. The monoisotopic (exact) mass is 360 g/mol. The first-order valence-corrected chi connectivity index (χ1v) is 8.39. The molecule has 0 radical (unpaired) electrons. The van der Waals surface area contributed by atoms with Crippen LogP contribution in [0.2, 0.25) is 0 Å². The number of carboxylic acids is 1. The minimum absolute atomic E-state index is 0.00183. The predicted octanol–water partition coefficient (Wildman–Crippen LogP) is 4.66. The Kier molecular flexibility index (Phi) is 5.30. The van der Waals surface area contributed by atoms with E-state index >= 15 is 0 Å². The summed E-state index contributed by atoms with van der Waals surface area (Å²) in [6.45, 7) is 0.223. The molecule has 1 aliphatic rings. The lowest BCUT2D eigenvalue weighted by Gasteiger charge is -2.14. The second-order valence-corrected chi connectivity index (χ2v) is 6.20. The number of carboxylic acid groups (broad SMARTS) is 1. The molecule has 4 nitrogen and oxygen atoms in total. The molecule has 1 aliphatic carbocycles. The molecule has 26 heavy (non-hydrogen) atoms. The Bertz CT molecular complexity index is 828. The van der Waals surface area contributed by atoms with Gasteiger partial charge in [-0.2, -0.15) is 0 Å². The van der Waals surface area contributed by atoms with Crippen LogP contribution < -0.4 is 4.74 Å². The van der Waals surface area contributed by atoms with Crippen molar-refractivity contribution in [2.24, 2.45) is 0 Å². The number of Topliss-reactive ketones (excluding diaryl/α,β-unsaturated/α-hetero) is 1. The summed E-state index contributed by atoms with van der Waals surface area (Å²) in [4.78, 5) is 22.7. The maximum atomic E-state index is 12.8. The molecule has 0 atom stereocenters. The molecule has 6 heteroatoms. The van der Waals surface area contributed by atoms with Crippen molar-refractivity contribution < 1.29 is 28.2 Å². The summed E-state index contributed by atoms with van der Waals surface area (Å²) < 4.78 is 31.3. The molecule has 0 spiro atoms. The quantitative estimate of drug-likeness (QED) is 0.729. The van der Waals surface area contributed by atoms with E-state index in [1.54, 1.807) is 24.3 Å². The average molecular weight is 360 g/mol. The van der Waals surface area contributed by atoms with Crippen LogP contribution in [0.15, 0.2) is 36.4 Å². The lowest BCUT2D eigenvalue weighted by Crippen LogP contribution is -2.04. The lowest BCUT2D eigenvalue weighted by atomic mass is 9.98. The number of ketones is 1. The van der Waals surface area contributed by atoms with Gasteiger partial charge in [0.1, 0.15) is 5.75 Å². The molecule has 0 amide bonds. The molecule has 0 saturated heterocycles. The molecule has 2 aromatic carbocycles. The van der Waals surface area contributed by atoms with Crippen LogP contribution in [0.3, 0.4) is 0 Å². The predicted molar refractivity (Wildman–Crippen MR) is 91.9 cm³/mol. The number of aliphatic carboxylic acids is 1. The molecule has 1 N–H and O–H groups in total. The lowest BCUT2D eigenvalue weighted by molar-refractivity contribution is -0.137. The fourth-order valence-corrected chi connectivity index (χ4v) is 3.03. The van der Waals surface area contributed by atoms with Gasteiger partial charge in [0.2, 0.25) is 0 Å². The highest BCUT2D eigenvalue weighted by atomic mass is 19.3. The number of hydrogen-bond acceptors (Lipinski definition) is 3. The van der Waals surface area contributed by atoms with Crippen molar-refractivity contribution in [2.75, 3.05) is 6.61 Å². The second kappa shape index (κ2) is 7.64. The third-order valence-corrected chi connectivity index (χ3v) is 4.39. The number of alkyl halides is 2. The maximum Gasteiger partial charge on any atom is 0.303 e. The summed E-state index contributed by atoms with van der Waals surface area (Å²) in [5.41, 5.74) is 2.78. The Hall–Kier alpha value is -2.76. The van der Waals surface area contributed by atoms with Gasteiger partial charge in [-0.15, -0.1) is 0 Å². The first-order chi connectivity index (χ1) is 12.5. The molecule has 0 aliphatic heterocycles. The van der Waals surface area contributed by atoms with Crippen molar-refractivity contribution in [3.8, 4) is 16.9 Å². The van der Waals surface area contributed by atoms with Crippen LogP contribution in [0.1, 0.15) is 47.2 Å². The first kappa shape index (κ1) is 18.0. The van der Waals surface area contributed by atoms with E-state index in [9.17, 15) is 18.4 Å². The molecule has 136 valence electrons. The Labute approximate surface area is 149 Å². The summed E-state index contributed by atoms with van der Waals surface area (Å²) in [7, 11) is 0. The van der Waals surface area contributed by atoms with E-state index in [4.69, 9.17) is 9.84 Å². The highest BCUT2D eigenvalue weighted by Gasteiger charge is 2.23. The summed E-state index contributed by atoms with van der Waals surface area (Å²) in [5, 5.41) is 8.72. The van der Waals surface area contributed by atoms with Crippen LogP contribution in [0.25, 0.3) is 11.1 Å². The summed E-state index contributed by atoms with van der Waals surface area (Å²) in [6.07, 6.45) is -1.10. The van der Waals surface area contributed by atoms with Crippen LogP contribution in [0.5, 0.6) is 5.75 Å². The van der Waals surface area contributed by atoms with Crippen molar-refractivity contribution >= 4 is 11.8 Å². The SMILES string of the molecule is O=C(O)CCCOc1cc2c(cc1-c1ccc(C(F)F)cc1)C(=O)CC2. The number of benzene rings is 2. The number of fused-ring (bicyclic) bond motifs is 1. The van der Waals surface area contributed by atoms with Gasteiger partial charge >= 0.3 is 5.97 Å². The van der Waals surface area contributed by atoms with Crippen LogP contribution in [-0.2, 0) is 11.2 Å². The number of hydrogen-bond donors (Lipinski definition) is 1. The summed E-state index contributed by atoms with van der Waals surface area (Å²) >= 11 is 0. The molecule has 0 bridgehead atoms. The van der Waals surface area contributed by atoms with E-state index in [2.05, 4.69) is 0 Å². The maximum absolute atomic E-state index is 12.8. The van der Waals surface area contributed by atoms with Gasteiger partial charge in [-0.05, 0) is 36.1 Å². The Morgan fingerprint density at radius 1 is 1.12 bits per heavy atom. The number of carbonyl (C=O) groups excluding carboxylic acids is 1. The van der Waals surface area contributed by atoms with Gasteiger partial charge in [0, 0.05) is 29.5 Å². The van der Waals surface area contributed by atoms with Crippen molar-refractivity contribution in [2.45, 2.75) is 32.1 Å². The van der Waals surface area contributed by atoms with Crippen LogP contribution in [0.4, 0.5) is 8.78 Å². The third-order valence-electron chi connectivity index (χ3n) is 4.39. The normalized spacial score (nSPS) is 13.1. The zero-order valence-electron chi connectivity index (χ0n) is 14.0. The van der Waals surface area contributed by atoms with E-state index in [-0.39, 0.29) is 24.4 Å². The zero-order valence-corrected chi connectivity index (χ0v) is 14.0. The fourth-order valence-electron chi connectivity index (χ4n) is 3.03. The van der Waals surface area contributed by atoms with Crippen molar-refractivity contribution in [3.63, 3.8) is 0 Å². The van der Waals surface area contributed by atoms with Crippen molar-refractivity contribution in [1.29, 1.82) is 0 Å². The average Bonchev–Trinajstić information content (AvgIpc) is 2.98. The number of rotatable bonds is 7. The molecule has 0 fully saturated rings. The molecule has 0 aromatic heterocycles. The Morgan fingerprint density at radius 2 is 1.85 bits per heavy atom. The van der Waals surface area contributed by atoms with Gasteiger partial charge in [0.05, 0.1) is 6.61 Å². The molecule has 0 saturated carbocycles. The van der Waals surface area contributed by atoms with Crippen molar-refractivity contribution in [1.82, 2.24) is 0 Å². The minimum Gasteiger partial charge on any atom is -0.493 e. The molecular weight excluding hydrogens is 342 g/mol. The van der Waals surface area contributed by atoms with Gasteiger partial charge in [-0.1, -0.05) is 24.3 Å². The van der Waals surface area contributed by atoms with E-state index in [0.717, 1.165) is 5.56 Å². The Balaban J connectivity index is 1.91. The zero-order chi connectivity index (χ0) is 18.7. The second-order valence-electron chi connectivity index (χ2n) is 6.20. The Morgan fingerprint density at radius 3 is 2.50 bits per heavy atom. The summed E-state index contributed by atoms with van der Waals surface area (Å²) in [6, 6.07) is 9.40. The highest BCUT2D eigenvalue weighted by Crippen LogP contribution is 2.37. The highest BCUT2D eigenvalue weighted by molar-refractivity contribution is 6.02. The van der Waals surface area contributed by atoms with Gasteiger partial charge in [0.15, 0.2) is 5.78 Å². The standard InChI is InChI=1S/C20H18F2O4/c21-20(22)13-5-3-12(4-6-13)16-11-15-14(7-8-17(15)23)10-18(16)26-9-1-2-19(24)25/h3-6,10-11,20H,1-2,7-9H2,(H,24,25). The fraction of sp³-hybridized carbons (Fsp3) is 0.300. The smallest absolute Gasteiger partial charge is 0.303 e. The molecule has 3 rings (SSSR count). The van der Waals surface area contributed by atoms with Crippen LogP contribution in [-0.4, -0.2) is 23.5 Å².